The summed E-state index contributed by atoms with van der Waals surface area (Å²) in [4.78, 5) is 6.98. The van der Waals surface area contributed by atoms with Crippen molar-refractivity contribution in [3.8, 4) is 5.75 Å². The van der Waals surface area contributed by atoms with Gasteiger partial charge in [0.25, 0.3) is 0 Å². The second kappa shape index (κ2) is 8.50. The van der Waals surface area contributed by atoms with Gasteiger partial charge in [-0.05, 0) is 34.5 Å². The number of benzene rings is 3. The Bertz CT molecular complexity index is 966. The van der Waals surface area contributed by atoms with Crippen LogP contribution in [0.25, 0.3) is 10.8 Å². The van der Waals surface area contributed by atoms with Gasteiger partial charge in [0, 0.05) is 24.9 Å². The van der Waals surface area contributed by atoms with Crippen LogP contribution in [0, 0.1) is 5.82 Å². The van der Waals surface area contributed by atoms with E-state index in [-0.39, 0.29) is 17.6 Å². The van der Waals surface area contributed by atoms with Crippen LogP contribution in [0.2, 0.25) is 0 Å². The zero-order valence-corrected chi connectivity index (χ0v) is 15.6. The second-order valence-electron chi connectivity index (χ2n) is 6.93. The molecule has 28 heavy (non-hydrogen) atoms. The molecule has 0 saturated carbocycles. The fraction of sp³-hybridized carbons (Fsp3) is 0.261. The summed E-state index contributed by atoms with van der Waals surface area (Å²) in [7, 11) is 0. The number of morpholine rings is 1. The van der Waals surface area contributed by atoms with Crippen LogP contribution < -0.4 is 0 Å². The molecule has 0 unspecified atom stereocenters. The van der Waals surface area contributed by atoms with Gasteiger partial charge < -0.3 is 9.84 Å². The Kier molecular flexibility index (Phi) is 5.65. The van der Waals surface area contributed by atoms with Crippen LogP contribution in [0.1, 0.15) is 17.2 Å². The first kappa shape index (κ1) is 18.6. The van der Waals surface area contributed by atoms with Crippen LogP contribution in [-0.4, -0.2) is 49.1 Å². The molecule has 144 valence electrons. The van der Waals surface area contributed by atoms with Gasteiger partial charge in [0.05, 0.1) is 25.8 Å². The molecule has 3 aromatic rings. The average molecular weight is 378 g/mol. The van der Waals surface area contributed by atoms with Crippen LogP contribution in [0.15, 0.2) is 65.7 Å². The first-order valence-electron chi connectivity index (χ1n) is 9.50. The molecule has 1 atom stereocenters. The van der Waals surface area contributed by atoms with E-state index in [2.05, 4.69) is 9.89 Å². The summed E-state index contributed by atoms with van der Waals surface area (Å²) in [5, 5.41) is 12.3. The number of hydrogen-bond donors (Lipinski definition) is 1. The molecule has 4 rings (SSSR count). The number of rotatable bonds is 5. The quantitative estimate of drug-likeness (QED) is 0.678. The fourth-order valence-corrected chi connectivity index (χ4v) is 3.67. The molecule has 0 bridgehead atoms. The smallest absolute Gasteiger partial charge is 0.124 e. The third-order valence-electron chi connectivity index (χ3n) is 5.19. The third kappa shape index (κ3) is 4.06. The molecule has 0 radical (unpaired) electrons. The number of halogens is 1. The van der Waals surface area contributed by atoms with Crippen LogP contribution in [0.3, 0.4) is 0 Å². The van der Waals surface area contributed by atoms with Gasteiger partial charge in [0.2, 0.25) is 0 Å². The molecule has 4 nitrogen and oxygen atoms in total. The lowest BCUT2D eigenvalue weighted by molar-refractivity contribution is 0.0180. The van der Waals surface area contributed by atoms with Crippen molar-refractivity contribution in [2.24, 2.45) is 4.99 Å². The number of phenolic OH excluding ortho intramolecular Hbond substituents is 1. The molecular formula is C23H23FN2O2. The number of hydrogen-bond acceptors (Lipinski definition) is 4. The number of aliphatic imine (C=N–C) groups is 1. The minimum atomic E-state index is -0.242. The van der Waals surface area contributed by atoms with E-state index in [0.29, 0.717) is 19.8 Å². The van der Waals surface area contributed by atoms with E-state index in [4.69, 9.17) is 4.74 Å². The number of nitrogens with zero attached hydrogens (tertiary/aromatic N) is 2. The van der Waals surface area contributed by atoms with Gasteiger partial charge in [-0.1, -0.05) is 42.5 Å². The minimum Gasteiger partial charge on any atom is -0.507 e. The molecular weight excluding hydrogens is 355 g/mol. The largest absolute Gasteiger partial charge is 0.507 e. The van der Waals surface area contributed by atoms with E-state index >= 15 is 0 Å². The van der Waals surface area contributed by atoms with Crippen LogP contribution in [0.5, 0.6) is 5.75 Å². The predicted molar refractivity (Wildman–Crippen MR) is 110 cm³/mol. The molecule has 1 aliphatic heterocycles. The zero-order valence-electron chi connectivity index (χ0n) is 15.6. The summed E-state index contributed by atoms with van der Waals surface area (Å²) in [6.45, 7) is 3.53. The maximum Gasteiger partial charge on any atom is 0.124 e. The van der Waals surface area contributed by atoms with Crippen LogP contribution >= 0.6 is 0 Å². The van der Waals surface area contributed by atoms with Gasteiger partial charge in [-0.15, -0.1) is 0 Å². The Hall–Kier alpha value is -2.76. The Labute approximate surface area is 163 Å². The van der Waals surface area contributed by atoms with Crippen molar-refractivity contribution in [3.05, 3.63) is 77.6 Å². The van der Waals surface area contributed by atoms with Crippen LogP contribution in [-0.2, 0) is 4.74 Å². The average Bonchev–Trinajstić information content (AvgIpc) is 2.74. The normalized spacial score (nSPS) is 16.6. The molecule has 1 N–H and O–H groups in total. The lowest BCUT2D eigenvalue weighted by atomic mass is 10.0. The molecule has 0 aliphatic carbocycles. The van der Waals surface area contributed by atoms with Crippen LogP contribution in [0.4, 0.5) is 4.39 Å². The first-order valence-corrected chi connectivity index (χ1v) is 9.50. The van der Waals surface area contributed by atoms with Gasteiger partial charge >= 0.3 is 0 Å². The van der Waals surface area contributed by atoms with Crippen molar-refractivity contribution in [2.75, 3.05) is 32.8 Å². The Morgan fingerprint density at radius 2 is 1.79 bits per heavy atom. The standard InChI is InChI=1S/C23H23FN2O2/c24-19-8-5-18(6-9-19)22(26-11-13-28-14-12-26)16-25-15-21-20-4-2-1-3-17(20)7-10-23(21)27/h1-10,15,22,27H,11-14,16H2/t22-/m1/s1. The summed E-state index contributed by atoms with van der Waals surface area (Å²) in [5.74, 6) is -0.0270. The first-order chi connectivity index (χ1) is 13.7. The van der Waals surface area contributed by atoms with Gasteiger partial charge in [-0.2, -0.15) is 0 Å². The monoisotopic (exact) mass is 378 g/mol. The lowest BCUT2D eigenvalue weighted by Crippen LogP contribution is -2.40. The van der Waals surface area contributed by atoms with Gasteiger partial charge in [-0.25, -0.2) is 4.39 Å². The summed E-state index contributed by atoms with van der Waals surface area (Å²) in [6, 6.07) is 18.2. The van der Waals surface area contributed by atoms with Gasteiger partial charge in [-0.3, -0.25) is 9.89 Å². The Balaban J connectivity index is 1.61. The lowest BCUT2D eigenvalue weighted by Gasteiger charge is -2.34. The maximum absolute atomic E-state index is 13.4. The van der Waals surface area contributed by atoms with E-state index in [1.54, 1.807) is 12.3 Å². The summed E-state index contributed by atoms with van der Waals surface area (Å²) >= 11 is 0. The second-order valence-corrected chi connectivity index (χ2v) is 6.93. The highest BCUT2D eigenvalue weighted by molar-refractivity contribution is 6.02. The van der Waals surface area contributed by atoms with E-state index in [9.17, 15) is 9.50 Å². The van der Waals surface area contributed by atoms with E-state index < -0.39 is 0 Å². The van der Waals surface area contributed by atoms with Crippen molar-refractivity contribution in [1.29, 1.82) is 0 Å². The molecule has 1 saturated heterocycles. The van der Waals surface area contributed by atoms with Crippen molar-refractivity contribution < 1.29 is 14.2 Å². The summed E-state index contributed by atoms with van der Waals surface area (Å²) in [6.07, 6.45) is 1.74. The van der Waals surface area contributed by atoms with Crippen molar-refractivity contribution in [3.63, 3.8) is 0 Å². The molecule has 0 aromatic heterocycles. The minimum absolute atomic E-state index is 0.0397. The topological polar surface area (TPSA) is 45.1 Å². The highest BCUT2D eigenvalue weighted by atomic mass is 19.1. The molecule has 1 aliphatic rings. The predicted octanol–water partition coefficient (Wildman–Crippen LogP) is 4.18. The molecule has 1 fully saturated rings. The van der Waals surface area contributed by atoms with E-state index in [1.165, 1.54) is 12.1 Å². The van der Waals surface area contributed by atoms with E-state index in [1.807, 2.05) is 42.5 Å². The van der Waals surface area contributed by atoms with Crippen molar-refractivity contribution >= 4 is 17.0 Å². The van der Waals surface area contributed by atoms with Gasteiger partial charge in [0.1, 0.15) is 11.6 Å². The number of ether oxygens (including phenoxy) is 1. The van der Waals surface area contributed by atoms with E-state index in [0.717, 1.165) is 35.0 Å². The summed E-state index contributed by atoms with van der Waals surface area (Å²) in [5.41, 5.74) is 1.75. The Morgan fingerprint density at radius 3 is 2.57 bits per heavy atom. The fourth-order valence-electron chi connectivity index (χ4n) is 3.67. The molecule has 0 spiro atoms. The highest BCUT2D eigenvalue weighted by Crippen LogP contribution is 2.26. The molecule has 5 heteroatoms. The van der Waals surface area contributed by atoms with Crippen molar-refractivity contribution in [2.45, 2.75) is 6.04 Å². The number of aromatic hydroxyl groups is 1. The molecule has 1 heterocycles. The molecule has 0 amide bonds. The number of fused-ring (bicyclic) bond motifs is 1. The third-order valence-corrected chi connectivity index (χ3v) is 5.19. The molecule has 3 aromatic carbocycles. The maximum atomic E-state index is 13.4. The zero-order chi connectivity index (χ0) is 19.3. The Morgan fingerprint density at radius 1 is 1.04 bits per heavy atom. The SMILES string of the molecule is Oc1ccc2ccccc2c1C=NC[C@H](c1ccc(F)cc1)N1CCOCC1. The highest BCUT2D eigenvalue weighted by Gasteiger charge is 2.22. The summed E-state index contributed by atoms with van der Waals surface area (Å²) < 4.78 is 18.8. The van der Waals surface area contributed by atoms with Crippen molar-refractivity contribution in [1.82, 2.24) is 4.90 Å². The van der Waals surface area contributed by atoms with Gasteiger partial charge in [0.15, 0.2) is 0 Å². The number of phenols is 1.